The third kappa shape index (κ3) is 2.11. The minimum Gasteiger partial charge on any atom is -0.268 e. The van der Waals surface area contributed by atoms with E-state index in [1.807, 2.05) is 0 Å². The van der Waals surface area contributed by atoms with E-state index in [4.69, 9.17) is 5.73 Å². The summed E-state index contributed by atoms with van der Waals surface area (Å²) >= 11 is 0. The van der Waals surface area contributed by atoms with Gasteiger partial charge in [0.15, 0.2) is 0 Å². The Morgan fingerprint density at radius 2 is 2.43 bits per heavy atom. The molecule has 0 saturated carbocycles. The van der Waals surface area contributed by atoms with Crippen molar-refractivity contribution in [1.82, 2.24) is 0 Å². The Morgan fingerprint density at radius 1 is 2.00 bits per heavy atom. The molecule has 4 nitrogen and oxygen atoms in total. The van der Waals surface area contributed by atoms with Crippen LogP contribution < -0.4 is 5.73 Å². The van der Waals surface area contributed by atoms with Gasteiger partial charge in [-0.2, -0.15) is 0 Å². The summed E-state index contributed by atoms with van der Waals surface area (Å²) in [5.74, 6) is 0. The topological polar surface area (TPSA) is 69.2 Å². The molecule has 0 rings (SSSR count). The van der Waals surface area contributed by atoms with Gasteiger partial charge in [-0.3, -0.25) is 15.8 Å². The van der Waals surface area contributed by atoms with Crippen LogP contribution >= 0.6 is 0 Å². The van der Waals surface area contributed by atoms with Gasteiger partial charge in [0.25, 0.3) is 6.17 Å². The first kappa shape index (κ1) is 6.36. The van der Waals surface area contributed by atoms with Gasteiger partial charge in [0.05, 0.1) is 0 Å². The maximum Gasteiger partial charge on any atom is 0.263 e. The van der Waals surface area contributed by atoms with Crippen LogP contribution in [0.15, 0.2) is 0 Å². The molecule has 0 aliphatic rings. The summed E-state index contributed by atoms with van der Waals surface area (Å²) in [6.45, 7) is 1.67. The lowest BCUT2D eigenvalue weighted by Crippen LogP contribution is -2.28. The number of hydrogen-bond acceptors (Lipinski definition) is 3. The number of nitrogens with two attached hydrogens (primary N) is 1. The van der Waals surface area contributed by atoms with E-state index >= 15 is 0 Å². The molecule has 0 fully saturated rings. The summed E-state index contributed by atoms with van der Waals surface area (Å²) in [6.07, 6.45) is -0.479. The van der Waals surface area contributed by atoms with Crippen molar-refractivity contribution in [2.75, 3.05) is 0 Å². The lowest BCUT2D eigenvalue weighted by Gasteiger charge is -1.94. The van der Waals surface area contributed by atoms with Crippen molar-refractivity contribution in [3.8, 4) is 0 Å². The van der Waals surface area contributed by atoms with Crippen molar-refractivity contribution in [3.63, 3.8) is 0 Å². The van der Waals surface area contributed by atoms with Crippen molar-refractivity contribution >= 4 is 0 Å². The Kier molecular flexibility index (Phi) is 2.29. The van der Waals surface area contributed by atoms with Gasteiger partial charge in [-0.05, 0) is 0 Å². The largest absolute Gasteiger partial charge is 0.268 e. The first-order valence-corrected chi connectivity index (χ1v) is 2.07. The third-order valence-electron chi connectivity index (χ3n) is 0.689. The molecular formula is C3H8N2O2. The van der Waals surface area contributed by atoms with Crippen molar-refractivity contribution in [2.45, 2.75) is 19.5 Å². The number of nitro groups is 1. The summed E-state index contributed by atoms with van der Waals surface area (Å²) in [5, 5.41) is 9.61. The molecule has 0 amide bonds. The highest BCUT2D eigenvalue weighted by Crippen LogP contribution is 1.83. The molecule has 0 aromatic rings. The van der Waals surface area contributed by atoms with Gasteiger partial charge < -0.3 is 0 Å². The Balaban J connectivity index is 3.34. The minimum absolute atomic E-state index is 0.396. The highest BCUT2D eigenvalue weighted by Gasteiger charge is 2.06. The molecule has 0 bridgehead atoms. The van der Waals surface area contributed by atoms with E-state index in [0.29, 0.717) is 6.42 Å². The van der Waals surface area contributed by atoms with Gasteiger partial charge in [0.1, 0.15) is 0 Å². The smallest absolute Gasteiger partial charge is 0.263 e. The predicted octanol–water partition coefficient (Wildman–Crippen LogP) is -0.0421. The van der Waals surface area contributed by atoms with E-state index in [0.717, 1.165) is 0 Å². The van der Waals surface area contributed by atoms with E-state index in [-0.39, 0.29) is 0 Å². The highest BCUT2D eigenvalue weighted by molar-refractivity contribution is 4.36. The van der Waals surface area contributed by atoms with Crippen LogP contribution in [0.1, 0.15) is 13.3 Å². The second-order valence-corrected chi connectivity index (χ2v) is 1.26. The molecule has 0 saturated heterocycles. The first-order chi connectivity index (χ1) is 3.18. The number of hydrogen-bond donors (Lipinski definition) is 1. The highest BCUT2D eigenvalue weighted by atomic mass is 16.6. The van der Waals surface area contributed by atoms with Crippen LogP contribution in [0, 0.1) is 10.1 Å². The van der Waals surface area contributed by atoms with Crippen LogP contribution in [0.4, 0.5) is 0 Å². The quantitative estimate of drug-likeness (QED) is 0.303. The van der Waals surface area contributed by atoms with Gasteiger partial charge in [-0.15, -0.1) is 0 Å². The summed E-state index contributed by atoms with van der Waals surface area (Å²) in [7, 11) is 0. The lowest BCUT2D eigenvalue weighted by atomic mass is 10.4. The van der Waals surface area contributed by atoms with E-state index in [2.05, 4.69) is 0 Å². The van der Waals surface area contributed by atoms with Gasteiger partial charge in [0, 0.05) is 11.3 Å². The zero-order valence-electron chi connectivity index (χ0n) is 4.13. The Hall–Kier alpha value is -0.640. The van der Waals surface area contributed by atoms with Crippen LogP contribution in [0.5, 0.6) is 0 Å². The van der Waals surface area contributed by atoms with Crippen molar-refractivity contribution in [3.05, 3.63) is 10.1 Å². The number of nitrogens with zero attached hydrogens (tertiary/aromatic N) is 1. The maximum atomic E-state index is 9.61. The molecule has 4 heteroatoms. The molecule has 42 valence electrons. The van der Waals surface area contributed by atoms with E-state index in [1.165, 1.54) is 0 Å². The van der Waals surface area contributed by atoms with E-state index in [1.54, 1.807) is 6.92 Å². The van der Waals surface area contributed by atoms with Crippen molar-refractivity contribution in [1.29, 1.82) is 0 Å². The molecule has 0 aromatic heterocycles. The molecular weight excluding hydrogens is 96.0 g/mol. The molecule has 1 unspecified atom stereocenters. The monoisotopic (exact) mass is 104 g/mol. The molecule has 1 atom stereocenters. The SMILES string of the molecule is CCC(N)[N+](=O)[O-]. The lowest BCUT2D eigenvalue weighted by molar-refractivity contribution is -0.521. The minimum atomic E-state index is -0.875. The number of rotatable bonds is 2. The zero-order valence-corrected chi connectivity index (χ0v) is 4.13. The molecule has 0 aliphatic carbocycles. The Morgan fingerprint density at radius 3 is 2.43 bits per heavy atom. The molecule has 7 heavy (non-hydrogen) atoms. The Bertz CT molecular complexity index is 73.3. The molecule has 0 spiro atoms. The summed E-state index contributed by atoms with van der Waals surface area (Å²) in [6, 6.07) is 0. The second kappa shape index (κ2) is 2.52. The fourth-order valence-electron chi connectivity index (χ4n) is 0.149. The van der Waals surface area contributed by atoms with Crippen LogP contribution in [0.3, 0.4) is 0 Å². The first-order valence-electron chi connectivity index (χ1n) is 2.07. The molecule has 0 heterocycles. The van der Waals surface area contributed by atoms with Crippen molar-refractivity contribution < 1.29 is 4.92 Å². The molecule has 0 aromatic carbocycles. The normalized spacial score (nSPS) is 13.4. The average Bonchev–Trinajstić information content (AvgIpc) is 1.65. The van der Waals surface area contributed by atoms with E-state index in [9.17, 15) is 10.1 Å². The molecule has 0 radical (unpaired) electrons. The predicted molar refractivity (Wildman–Crippen MR) is 25.3 cm³/mol. The average molecular weight is 104 g/mol. The summed E-state index contributed by atoms with van der Waals surface area (Å²) in [4.78, 5) is 9.11. The van der Waals surface area contributed by atoms with Gasteiger partial charge in [-0.25, -0.2) is 0 Å². The van der Waals surface area contributed by atoms with Crippen molar-refractivity contribution in [2.24, 2.45) is 5.73 Å². The van der Waals surface area contributed by atoms with Crippen LogP contribution in [-0.4, -0.2) is 11.1 Å². The van der Waals surface area contributed by atoms with Gasteiger partial charge >= 0.3 is 0 Å². The molecule has 2 N–H and O–H groups in total. The molecule has 0 aliphatic heterocycles. The van der Waals surface area contributed by atoms with Gasteiger partial charge in [0.2, 0.25) is 0 Å². The van der Waals surface area contributed by atoms with E-state index < -0.39 is 11.1 Å². The summed E-state index contributed by atoms with van der Waals surface area (Å²) in [5.41, 5.74) is 4.92. The summed E-state index contributed by atoms with van der Waals surface area (Å²) < 4.78 is 0. The fourth-order valence-corrected chi connectivity index (χ4v) is 0.149. The standard InChI is InChI=1S/C3H8N2O2/c1-2-3(4)5(6)7/h3H,2,4H2,1H3. The third-order valence-corrected chi connectivity index (χ3v) is 0.689. The van der Waals surface area contributed by atoms with Crippen LogP contribution in [-0.2, 0) is 0 Å². The second-order valence-electron chi connectivity index (χ2n) is 1.26. The van der Waals surface area contributed by atoms with Crippen LogP contribution in [0.2, 0.25) is 0 Å². The zero-order chi connectivity index (χ0) is 5.86. The van der Waals surface area contributed by atoms with Crippen LogP contribution in [0.25, 0.3) is 0 Å². The Labute approximate surface area is 41.5 Å². The maximum absolute atomic E-state index is 9.61. The van der Waals surface area contributed by atoms with Gasteiger partial charge in [-0.1, -0.05) is 6.92 Å². The fraction of sp³-hybridized carbons (Fsp3) is 1.00.